The Morgan fingerprint density at radius 1 is 1.19 bits per heavy atom. The summed E-state index contributed by atoms with van der Waals surface area (Å²) in [7, 11) is 0. The molecule has 118 valence electrons. The van der Waals surface area contributed by atoms with Gasteiger partial charge in [-0.25, -0.2) is 0 Å². The van der Waals surface area contributed by atoms with Gasteiger partial charge in [-0.1, -0.05) is 30.1 Å². The summed E-state index contributed by atoms with van der Waals surface area (Å²) in [5, 5.41) is 11.7. The highest BCUT2D eigenvalue weighted by atomic mass is 35.5. The minimum Gasteiger partial charge on any atom is -0.492 e. The van der Waals surface area contributed by atoms with Gasteiger partial charge in [0.1, 0.15) is 5.75 Å². The SMILES string of the molecule is CCOc1cc(Cl)c(C(O)C2C(C)OC(C)C2C)cc1Cl. The molecule has 1 heterocycles. The molecule has 5 unspecified atom stereocenters. The summed E-state index contributed by atoms with van der Waals surface area (Å²) in [6, 6.07) is 3.36. The normalized spacial score (nSPS) is 30.4. The van der Waals surface area contributed by atoms with Crippen molar-refractivity contribution in [2.24, 2.45) is 11.8 Å². The number of hydrogen-bond donors (Lipinski definition) is 1. The van der Waals surface area contributed by atoms with Crippen molar-refractivity contribution in [3.63, 3.8) is 0 Å². The van der Waals surface area contributed by atoms with Crippen LogP contribution in [0.4, 0.5) is 0 Å². The fourth-order valence-electron chi connectivity index (χ4n) is 3.08. The number of benzene rings is 1. The quantitative estimate of drug-likeness (QED) is 0.883. The molecule has 0 bridgehead atoms. The Labute approximate surface area is 136 Å². The Kier molecular flexibility index (Phi) is 5.42. The number of ether oxygens (including phenoxy) is 2. The molecule has 5 atom stereocenters. The second kappa shape index (κ2) is 6.74. The molecule has 21 heavy (non-hydrogen) atoms. The van der Waals surface area contributed by atoms with Crippen LogP contribution in [0.3, 0.4) is 0 Å². The molecule has 1 fully saturated rings. The maximum atomic E-state index is 10.7. The lowest BCUT2D eigenvalue weighted by molar-refractivity contribution is 0.0231. The van der Waals surface area contributed by atoms with E-state index in [0.29, 0.717) is 28.0 Å². The van der Waals surface area contributed by atoms with Crippen molar-refractivity contribution in [2.45, 2.75) is 46.0 Å². The number of aliphatic hydroxyl groups excluding tert-OH is 1. The van der Waals surface area contributed by atoms with Crippen LogP contribution in [-0.4, -0.2) is 23.9 Å². The van der Waals surface area contributed by atoms with Crippen LogP contribution < -0.4 is 4.74 Å². The van der Waals surface area contributed by atoms with E-state index in [1.165, 1.54) is 0 Å². The first-order valence-corrected chi connectivity index (χ1v) is 8.07. The zero-order valence-corrected chi connectivity index (χ0v) is 14.3. The predicted molar refractivity (Wildman–Crippen MR) is 85.3 cm³/mol. The standard InChI is InChI=1S/C16H22Cl2O3/c1-5-20-14-7-12(17)11(6-13(14)18)16(19)15-8(2)9(3)21-10(15)4/h6-10,15-16,19H,5H2,1-4H3. The average molecular weight is 333 g/mol. The molecule has 0 spiro atoms. The van der Waals surface area contributed by atoms with E-state index in [-0.39, 0.29) is 24.0 Å². The van der Waals surface area contributed by atoms with Crippen molar-refractivity contribution in [3.8, 4) is 5.75 Å². The Morgan fingerprint density at radius 3 is 2.38 bits per heavy atom. The molecule has 0 radical (unpaired) electrons. The molecule has 1 N–H and O–H groups in total. The van der Waals surface area contributed by atoms with Gasteiger partial charge < -0.3 is 14.6 Å². The predicted octanol–water partition coefficient (Wildman–Crippen LogP) is 4.49. The molecule has 0 saturated carbocycles. The minimum atomic E-state index is -0.708. The maximum absolute atomic E-state index is 10.7. The molecule has 3 nitrogen and oxygen atoms in total. The zero-order chi connectivity index (χ0) is 15.7. The molecule has 1 aromatic carbocycles. The topological polar surface area (TPSA) is 38.7 Å². The van der Waals surface area contributed by atoms with Crippen molar-refractivity contribution < 1.29 is 14.6 Å². The minimum absolute atomic E-state index is 0.00786. The van der Waals surface area contributed by atoms with E-state index in [1.54, 1.807) is 12.1 Å². The smallest absolute Gasteiger partial charge is 0.139 e. The highest BCUT2D eigenvalue weighted by molar-refractivity contribution is 6.34. The van der Waals surface area contributed by atoms with Gasteiger partial charge in [-0.3, -0.25) is 0 Å². The molecule has 0 aliphatic carbocycles. The van der Waals surface area contributed by atoms with Gasteiger partial charge in [0.15, 0.2) is 0 Å². The summed E-state index contributed by atoms with van der Waals surface area (Å²) >= 11 is 12.5. The molecule has 1 saturated heterocycles. The fraction of sp³-hybridized carbons (Fsp3) is 0.625. The van der Waals surface area contributed by atoms with E-state index in [0.717, 1.165) is 0 Å². The molecule has 5 heteroatoms. The third-order valence-electron chi connectivity index (χ3n) is 4.35. The van der Waals surface area contributed by atoms with E-state index in [4.69, 9.17) is 32.7 Å². The van der Waals surface area contributed by atoms with Crippen LogP contribution in [0, 0.1) is 11.8 Å². The van der Waals surface area contributed by atoms with Crippen molar-refractivity contribution >= 4 is 23.2 Å². The van der Waals surface area contributed by atoms with E-state index in [2.05, 4.69) is 6.92 Å². The number of aliphatic hydroxyl groups is 1. The summed E-state index contributed by atoms with van der Waals surface area (Å²) in [6.45, 7) is 8.50. The Hall–Kier alpha value is -0.480. The largest absolute Gasteiger partial charge is 0.492 e. The Balaban J connectivity index is 2.31. The number of halogens is 2. The van der Waals surface area contributed by atoms with Gasteiger partial charge in [0.25, 0.3) is 0 Å². The zero-order valence-electron chi connectivity index (χ0n) is 12.8. The molecular formula is C16H22Cl2O3. The Bertz CT molecular complexity index is 507. The molecule has 1 aliphatic rings. The van der Waals surface area contributed by atoms with E-state index >= 15 is 0 Å². The Morgan fingerprint density at radius 2 is 1.86 bits per heavy atom. The third kappa shape index (κ3) is 3.31. The van der Waals surface area contributed by atoms with Crippen LogP contribution in [0.5, 0.6) is 5.75 Å². The lowest BCUT2D eigenvalue weighted by Gasteiger charge is -2.26. The molecule has 0 amide bonds. The summed E-state index contributed by atoms with van der Waals surface area (Å²) in [4.78, 5) is 0. The van der Waals surface area contributed by atoms with Gasteiger partial charge in [-0.2, -0.15) is 0 Å². The van der Waals surface area contributed by atoms with Crippen molar-refractivity contribution in [3.05, 3.63) is 27.7 Å². The van der Waals surface area contributed by atoms with E-state index < -0.39 is 6.10 Å². The summed E-state index contributed by atoms with van der Waals surface area (Å²) in [5.74, 6) is 0.778. The second-order valence-electron chi connectivity index (χ2n) is 5.66. The van der Waals surface area contributed by atoms with Crippen molar-refractivity contribution in [1.29, 1.82) is 0 Å². The first kappa shape index (κ1) is 16.9. The number of rotatable bonds is 4. The van der Waals surface area contributed by atoms with Crippen LogP contribution in [0.2, 0.25) is 10.0 Å². The summed E-state index contributed by atoms with van der Waals surface area (Å²) in [5.41, 5.74) is 0.631. The molecule has 2 rings (SSSR count). The van der Waals surface area contributed by atoms with Crippen LogP contribution >= 0.6 is 23.2 Å². The molecular weight excluding hydrogens is 311 g/mol. The highest BCUT2D eigenvalue weighted by Crippen LogP contribution is 2.44. The average Bonchev–Trinajstić information content (AvgIpc) is 2.67. The molecule has 1 aromatic rings. The molecule has 0 aromatic heterocycles. The molecule has 1 aliphatic heterocycles. The van der Waals surface area contributed by atoms with Crippen molar-refractivity contribution in [1.82, 2.24) is 0 Å². The van der Waals surface area contributed by atoms with Crippen LogP contribution in [0.25, 0.3) is 0 Å². The van der Waals surface area contributed by atoms with E-state index in [9.17, 15) is 5.11 Å². The van der Waals surface area contributed by atoms with Gasteiger partial charge in [0, 0.05) is 17.5 Å². The first-order chi connectivity index (χ1) is 9.86. The number of hydrogen-bond acceptors (Lipinski definition) is 3. The second-order valence-corrected chi connectivity index (χ2v) is 6.48. The lowest BCUT2D eigenvalue weighted by atomic mass is 9.82. The van der Waals surface area contributed by atoms with Gasteiger partial charge in [-0.15, -0.1) is 0 Å². The lowest BCUT2D eigenvalue weighted by Crippen LogP contribution is -2.25. The summed E-state index contributed by atoms with van der Waals surface area (Å²) in [6.07, 6.45) is -0.608. The van der Waals surface area contributed by atoms with Crippen molar-refractivity contribution in [2.75, 3.05) is 6.61 Å². The fourth-order valence-corrected chi connectivity index (χ4v) is 3.57. The van der Waals surface area contributed by atoms with E-state index in [1.807, 2.05) is 20.8 Å². The van der Waals surface area contributed by atoms with Gasteiger partial charge in [-0.05, 0) is 32.8 Å². The van der Waals surface area contributed by atoms with Gasteiger partial charge >= 0.3 is 0 Å². The third-order valence-corrected chi connectivity index (χ3v) is 4.98. The van der Waals surface area contributed by atoms with Gasteiger partial charge in [0.2, 0.25) is 0 Å². The van der Waals surface area contributed by atoms with Crippen LogP contribution in [0.15, 0.2) is 12.1 Å². The maximum Gasteiger partial charge on any atom is 0.139 e. The van der Waals surface area contributed by atoms with Crippen LogP contribution in [-0.2, 0) is 4.74 Å². The van der Waals surface area contributed by atoms with Crippen LogP contribution in [0.1, 0.15) is 39.4 Å². The first-order valence-electron chi connectivity index (χ1n) is 7.32. The summed E-state index contributed by atoms with van der Waals surface area (Å²) < 4.78 is 11.2. The highest BCUT2D eigenvalue weighted by Gasteiger charge is 2.42. The van der Waals surface area contributed by atoms with Gasteiger partial charge in [0.05, 0.1) is 35.0 Å². The monoisotopic (exact) mass is 332 g/mol.